The molecule has 0 heterocycles. The summed E-state index contributed by atoms with van der Waals surface area (Å²) in [6, 6.07) is 10.7. The normalized spacial score (nSPS) is 22.3. The second-order valence-corrected chi connectivity index (χ2v) is 22.2. The minimum Gasteiger partial charge on any atom is -1.00 e. The summed E-state index contributed by atoms with van der Waals surface area (Å²) in [7, 11) is 0. The van der Waals surface area contributed by atoms with Crippen LogP contribution < -0.4 is 24.8 Å². The monoisotopic (exact) mass is 702 g/mol. The van der Waals surface area contributed by atoms with Crippen LogP contribution in [-0.2, 0) is 32.1 Å². The third kappa shape index (κ3) is 5.06. The number of halogens is 2. The third-order valence-electron chi connectivity index (χ3n) is 11.4. The molecule has 1 saturated carbocycles. The molecule has 5 aliphatic rings. The number of hydrogen-bond acceptors (Lipinski definition) is 0. The van der Waals surface area contributed by atoms with Gasteiger partial charge >= 0.3 is 265 Å². The van der Waals surface area contributed by atoms with Gasteiger partial charge in [-0.2, -0.15) is 0 Å². The number of fused-ring (bicyclic) bond motifs is 5. The zero-order valence-corrected chi connectivity index (χ0v) is 32.5. The summed E-state index contributed by atoms with van der Waals surface area (Å²) in [5.74, 6) is 1.19. The van der Waals surface area contributed by atoms with Crippen molar-refractivity contribution in [3.05, 3.63) is 90.3 Å². The Bertz CT molecular complexity index is 1630. The van der Waals surface area contributed by atoms with Crippen molar-refractivity contribution in [3.63, 3.8) is 0 Å². The Morgan fingerprint density at radius 1 is 0.705 bits per heavy atom. The first-order valence-electron chi connectivity index (χ1n) is 16.7. The van der Waals surface area contributed by atoms with Gasteiger partial charge in [0.15, 0.2) is 0 Å². The largest absolute Gasteiger partial charge is 1.00 e. The van der Waals surface area contributed by atoms with Gasteiger partial charge in [0.1, 0.15) is 0 Å². The van der Waals surface area contributed by atoms with Crippen molar-refractivity contribution in [1.82, 2.24) is 0 Å². The van der Waals surface area contributed by atoms with Gasteiger partial charge in [-0.25, -0.2) is 0 Å². The molecule has 7 rings (SSSR count). The van der Waals surface area contributed by atoms with Gasteiger partial charge < -0.3 is 24.8 Å². The van der Waals surface area contributed by atoms with Crippen LogP contribution in [0.25, 0.3) is 22.3 Å². The molecule has 0 nitrogen and oxygen atoms in total. The molecular formula is C41H50Cl2Zr. The van der Waals surface area contributed by atoms with Gasteiger partial charge in [0.2, 0.25) is 0 Å². The molecule has 3 heteroatoms. The van der Waals surface area contributed by atoms with E-state index in [0.717, 1.165) is 0 Å². The molecule has 232 valence electrons. The molecule has 0 bridgehead atoms. The third-order valence-corrected chi connectivity index (χ3v) is 21.0. The molecule has 5 aliphatic carbocycles. The fourth-order valence-corrected chi connectivity index (χ4v) is 20.0. The van der Waals surface area contributed by atoms with E-state index in [1.165, 1.54) is 54.4 Å². The second kappa shape index (κ2) is 11.8. The molecule has 0 saturated heterocycles. The van der Waals surface area contributed by atoms with Crippen molar-refractivity contribution < 1.29 is 46.1 Å². The standard InChI is InChI=1S/C25H25.C10H15.C6H10.2ClH.Zr/c1-14-12-24(3,4)22-8-16-7-17-9-23-19(15(2)13-25(23,5)6)11-21(17)20(16)10-18(14)22;1-7(2)10-6-8(3)5-9(10)4;1-2-4-6-5-3-1;;;/h7-13H,1-6H3;6-8H,1-4H3;1-5H2;2*1H;/q;;;;;+2/p-2. The Labute approximate surface area is 287 Å². The fraction of sp³-hybridized carbons (Fsp3) is 0.488. The minimum absolute atomic E-state index is 0. The summed E-state index contributed by atoms with van der Waals surface area (Å²) in [5.41, 5.74) is 19.0. The Kier molecular flexibility index (Phi) is 9.11. The maximum absolute atomic E-state index is 2.72. The van der Waals surface area contributed by atoms with Gasteiger partial charge in [-0.3, -0.25) is 0 Å². The number of rotatable bonds is 3. The maximum Gasteiger partial charge on any atom is -1.00 e. The topological polar surface area (TPSA) is 0 Å². The van der Waals surface area contributed by atoms with Gasteiger partial charge in [-0.05, 0) is 0 Å². The van der Waals surface area contributed by atoms with Crippen LogP contribution in [0.5, 0.6) is 0 Å². The van der Waals surface area contributed by atoms with E-state index < -0.39 is 21.3 Å². The molecule has 2 aromatic rings. The second-order valence-electron chi connectivity index (χ2n) is 15.7. The predicted molar refractivity (Wildman–Crippen MR) is 180 cm³/mol. The minimum atomic E-state index is -2.39. The van der Waals surface area contributed by atoms with E-state index in [0.29, 0.717) is 15.5 Å². The molecule has 1 unspecified atom stereocenters. The van der Waals surface area contributed by atoms with Crippen LogP contribution in [0, 0.1) is 11.8 Å². The van der Waals surface area contributed by atoms with Crippen LogP contribution in [0.2, 0.25) is 0 Å². The van der Waals surface area contributed by atoms with Crippen molar-refractivity contribution in [3.8, 4) is 11.1 Å². The molecular weight excluding hydrogens is 655 g/mol. The molecule has 0 amide bonds. The summed E-state index contributed by atoms with van der Waals surface area (Å²) in [6.07, 6.45) is 14.7. The summed E-state index contributed by atoms with van der Waals surface area (Å²) in [6.45, 7) is 24.2. The first kappa shape index (κ1) is 34.1. The molecule has 0 aromatic heterocycles. The predicted octanol–water partition coefficient (Wildman–Crippen LogP) is 5.41. The van der Waals surface area contributed by atoms with Gasteiger partial charge in [-0.1, -0.05) is 0 Å². The van der Waals surface area contributed by atoms with Crippen molar-refractivity contribution in [1.29, 1.82) is 0 Å². The van der Waals surface area contributed by atoms with Crippen LogP contribution in [0.1, 0.15) is 138 Å². The number of hydrogen-bond donors (Lipinski definition) is 0. The van der Waals surface area contributed by atoms with Gasteiger partial charge in [-0.15, -0.1) is 0 Å². The van der Waals surface area contributed by atoms with Crippen LogP contribution in [0.4, 0.5) is 0 Å². The first-order valence-corrected chi connectivity index (χ1v) is 20.6. The molecule has 1 fully saturated rings. The molecule has 0 radical (unpaired) electrons. The maximum atomic E-state index is 2.72. The Balaban J connectivity index is 0.00000192. The van der Waals surface area contributed by atoms with Crippen molar-refractivity contribution in [2.24, 2.45) is 11.8 Å². The Morgan fingerprint density at radius 2 is 1.18 bits per heavy atom. The van der Waals surface area contributed by atoms with E-state index in [-0.39, 0.29) is 35.6 Å². The van der Waals surface area contributed by atoms with Gasteiger partial charge in [0.05, 0.1) is 0 Å². The fourth-order valence-electron chi connectivity index (χ4n) is 9.61. The number of benzene rings is 2. The van der Waals surface area contributed by atoms with Crippen LogP contribution in [0.3, 0.4) is 0 Å². The van der Waals surface area contributed by atoms with Crippen molar-refractivity contribution in [2.75, 3.05) is 0 Å². The van der Waals surface area contributed by atoms with Crippen LogP contribution in [-0.4, -0.2) is 3.21 Å². The van der Waals surface area contributed by atoms with E-state index in [9.17, 15) is 0 Å². The number of allylic oxidation sites excluding steroid dienone is 8. The summed E-state index contributed by atoms with van der Waals surface area (Å²) < 4.78 is 4.53. The summed E-state index contributed by atoms with van der Waals surface area (Å²) >= 11 is -2.39. The molecule has 0 aliphatic heterocycles. The molecule has 0 spiro atoms. The van der Waals surface area contributed by atoms with Crippen molar-refractivity contribution >= 4 is 14.4 Å². The van der Waals surface area contributed by atoms with Gasteiger partial charge in [0, 0.05) is 0 Å². The zero-order chi connectivity index (χ0) is 29.9. The van der Waals surface area contributed by atoms with Crippen molar-refractivity contribution in [2.45, 2.75) is 116 Å². The molecule has 1 atom stereocenters. The molecule has 2 aromatic carbocycles. The molecule has 44 heavy (non-hydrogen) atoms. The van der Waals surface area contributed by atoms with Gasteiger partial charge in [0.25, 0.3) is 0 Å². The van der Waals surface area contributed by atoms with E-state index in [2.05, 4.69) is 112 Å². The van der Waals surface area contributed by atoms with Crippen LogP contribution in [0.15, 0.2) is 56.9 Å². The molecule has 0 N–H and O–H groups in total. The first-order chi connectivity index (χ1) is 19.8. The van der Waals surface area contributed by atoms with E-state index in [1.54, 1.807) is 44.5 Å². The Morgan fingerprint density at radius 3 is 1.61 bits per heavy atom. The summed E-state index contributed by atoms with van der Waals surface area (Å²) in [5, 5.41) is 0. The summed E-state index contributed by atoms with van der Waals surface area (Å²) in [4.78, 5) is 0. The van der Waals surface area contributed by atoms with Crippen LogP contribution >= 0.6 is 0 Å². The zero-order valence-electron chi connectivity index (χ0n) is 28.6. The Hall–Kier alpha value is -1.27. The van der Waals surface area contributed by atoms with E-state index >= 15 is 0 Å². The quantitative estimate of drug-likeness (QED) is 0.401. The average Bonchev–Trinajstić information content (AvgIpc) is 3.56. The average molecular weight is 705 g/mol. The smallest absolute Gasteiger partial charge is 1.00 e. The SMILES string of the molecule is CC1=CC(C)(C)c2cc3c(cc21)-c1cc2c(cc1[CH]3[Zr+2]([C]1=C(C)C(C(C)C)=CC1C)=[C]1CCCCC1)C(C)(C)C=C2C.[Cl-].[Cl-]. The van der Waals surface area contributed by atoms with E-state index in [4.69, 9.17) is 0 Å². The van der Waals surface area contributed by atoms with E-state index in [1.807, 2.05) is 6.49 Å².